The van der Waals surface area contributed by atoms with Gasteiger partial charge in [-0.3, -0.25) is 4.98 Å². The van der Waals surface area contributed by atoms with Crippen molar-refractivity contribution in [2.75, 3.05) is 0 Å². The SMILES string of the molecule is c1ccc(-c2nc(-c3ccc(-c4cccnc4)cc3)cc(-c3cc(-c4cccc5sc6ccccc6c45)cc(-c4cccc5sc6ccccc6c45)c3)n2)cc1. The highest BCUT2D eigenvalue weighted by atomic mass is 32.1. The van der Waals surface area contributed by atoms with Gasteiger partial charge in [-0.1, -0.05) is 121 Å². The van der Waals surface area contributed by atoms with Crippen LogP contribution in [0.1, 0.15) is 0 Å². The Kier molecular flexibility index (Phi) is 7.87. The van der Waals surface area contributed by atoms with Gasteiger partial charge in [-0.05, 0) is 88.0 Å². The Balaban J connectivity index is 1.16. The van der Waals surface area contributed by atoms with Crippen LogP contribution in [-0.4, -0.2) is 15.0 Å². The number of rotatable bonds is 6. The molecule has 4 heterocycles. The summed E-state index contributed by atoms with van der Waals surface area (Å²) >= 11 is 3.70. The molecule has 11 rings (SSSR count). The first-order valence-electron chi connectivity index (χ1n) is 18.7. The monoisotopic (exact) mass is 749 g/mol. The van der Waals surface area contributed by atoms with Gasteiger partial charge in [-0.25, -0.2) is 9.97 Å². The summed E-state index contributed by atoms with van der Waals surface area (Å²) in [5, 5.41) is 5.15. The van der Waals surface area contributed by atoms with Crippen LogP contribution in [-0.2, 0) is 0 Å². The zero-order valence-corrected chi connectivity index (χ0v) is 31.7. The normalized spacial score (nSPS) is 11.6. The lowest BCUT2D eigenvalue weighted by molar-refractivity contribution is 1.18. The molecule has 0 atom stereocenters. The molecule has 0 aliphatic rings. The van der Waals surface area contributed by atoms with Crippen molar-refractivity contribution in [3.63, 3.8) is 0 Å². The molecule has 0 spiro atoms. The maximum atomic E-state index is 5.32. The van der Waals surface area contributed by atoms with E-state index in [9.17, 15) is 0 Å². The summed E-state index contributed by atoms with van der Waals surface area (Å²) in [5.41, 5.74) is 11.7. The Bertz CT molecular complexity index is 3110. The lowest BCUT2D eigenvalue weighted by Gasteiger charge is -2.15. The second-order valence-corrected chi connectivity index (χ2v) is 16.2. The van der Waals surface area contributed by atoms with Crippen LogP contribution in [0.3, 0.4) is 0 Å². The van der Waals surface area contributed by atoms with Gasteiger partial charge < -0.3 is 0 Å². The highest BCUT2D eigenvalue weighted by molar-refractivity contribution is 7.26. The molecule has 5 heteroatoms. The van der Waals surface area contributed by atoms with Gasteiger partial charge in [0.05, 0.1) is 11.4 Å². The number of benzene rings is 7. The van der Waals surface area contributed by atoms with Crippen molar-refractivity contribution < 1.29 is 0 Å². The smallest absolute Gasteiger partial charge is 0.160 e. The number of nitrogens with zero attached hydrogens (tertiary/aromatic N) is 3. The molecular formula is C51H31N3S2. The highest BCUT2D eigenvalue weighted by Crippen LogP contribution is 2.45. The Morgan fingerprint density at radius 3 is 1.46 bits per heavy atom. The molecule has 3 nitrogen and oxygen atoms in total. The largest absolute Gasteiger partial charge is 0.264 e. The molecule has 0 amide bonds. The highest BCUT2D eigenvalue weighted by Gasteiger charge is 2.18. The third-order valence-electron chi connectivity index (χ3n) is 10.6. The van der Waals surface area contributed by atoms with E-state index in [1.54, 1.807) is 6.20 Å². The van der Waals surface area contributed by atoms with E-state index in [0.717, 1.165) is 50.3 Å². The van der Waals surface area contributed by atoms with Crippen molar-refractivity contribution in [1.82, 2.24) is 15.0 Å². The average Bonchev–Trinajstić information content (AvgIpc) is 3.86. The minimum Gasteiger partial charge on any atom is -0.264 e. The Labute approximate surface area is 331 Å². The van der Waals surface area contributed by atoms with Gasteiger partial charge in [0.25, 0.3) is 0 Å². The van der Waals surface area contributed by atoms with Gasteiger partial charge in [-0.2, -0.15) is 0 Å². The molecule has 56 heavy (non-hydrogen) atoms. The molecule has 7 aromatic carbocycles. The number of hydrogen-bond acceptors (Lipinski definition) is 5. The molecule has 11 aromatic rings. The second-order valence-electron chi connectivity index (χ2n) is 14.0. The van der Waals surface area contributed by atoms with Gasteiger partial charge in [0.1, 0.15) is 0 Å². The first kappa shape index (κ1) is 32.6. The molecule has 0 radical (unpaired) electrons. The van der Waals surface area contributed by atoms with E-state index in [1.165, 1.54) is 51.5 Å². The van der Waals surface area contributed by atoms with E-state index < -0.39 is 0 Å². The molecule has 0 aliphatic carbocycles. The molecule has 0 aliphatic heterocycles. The van der Waals surface area contributed by atoms with Crippen LogP contribution in [0.2, 0.25) is 0 Å². The van der Waals surface area contributed by atoms with Crippen molar-refractivity contribution in [2.45, 2.75) is 0 Å². The maximum absolute atomic E-state index is 5.32. The van der Waals surface area contributed by atoms with E-state index in [1.807, 2.05) is 53.1 Å². The zero-order chi connectivity index (χ0) is 37.0. The fourth-order valence-electron chi connectivity index (χ4n) is 7.94. The van der Waals surface area contributed by atoms with Crippen LogP contribution in [0.4, 0.5) is 0 Å². The first-order chi connectivity index (χ1) is 27.7. The van der Waals surface area contributed by atoms with E-state index in [-0.39, 0.29) is 0 Å². The molecular weight excluding hydrogens is 719 g/mol. The van der Waals surface area contributed by atoms with E-state index in [4.69, 9.17) is 9.97 Å². The van der Waals surface area contributed by atoms with E-state index in [2.05, 4.69) is 157 Å². The van der Waals surface area contributed by atoms with Crippen LogP contribution >= 0.6 is 22.7 Å². The lowest BCUT2D eigenvalue weighted by atomic mass is 9.91. The number of hydrogen-bond donors (Lipinski definition) is 0. The minimum absolute atomic E-state index is 0.693. The second kappa shape index (κ2) is 13.5. The van der Waals surface area contributed by atoms with Crippen LogP contribution < -0.4 is 0 Å². The van der Waals surface area contributed by atoms with Crippen molar-refractivity contribution >= 4 is 63.0 Å². The number of aromatic nitrogens is 3. The van der Waals surface area contributed by atoms with Gasteiger partial charge in [-0.15, -0.1) is 22.7 Å². The maximum Gasteiger partial charge on any atom is 0.160 e. The molecule has 4 aromatic heterocycles. The average molecular weight is 750 g/mol. The van der Waals surface area contributed by atoms with Crippen molar-refractivity contribution in [1.29, 1.82) is 0 Å². The molecule has 0 unspecified atom stereocenters. The number of fused-ring (bicyclic) bond motifs is 6. The van der Waals surface area contributed by atoms with E-state index >= 15 is 0 Å². The molecule has 0 N–H and O–H groups in total. The van der Waals surface area contributed by atoms with Gasteiger partial charge in [0.2, 0.25) is 0 Å². The van der Waals surface area contributed by atoms with Crippen molar-refractivity contribution in [3.05, 3.63) is 188 Å². The fraction of sp³-hybridized carbons (Fsp3) is 0. The Hall–Kier alpha value is -6.79. The van der Waals surface area contributed by atoms with Crippen molar-refractivity contribution in [3.8, 4) is 67.3 Å². The summed E-state index contributed by atoms with van der Waals surface area (Å²) in [4.78, 5) is 14.8. The Morgan fingerprint density at radius 2 is 0.857 bits per heavy atom. The molecule has 0 fully saturated rings. The summed E-state index contributed by atoms with van der Waals surface area (Å²) in [7, 11) is 0. The van der Waals surface area contributed by atoms with E-state index in [0.29, 0.717) is 5.82 Å². The summed E-state index contributed by atoms with van der Waals surface area (Å²) in [5.74, 6) is 0.693. The van der Waals surface area contributed by atoms with Gasteiger partial charge in [0, 0.05) is 69.4 Å². The fourth-order valence-corrected chi connectivity index (χ4v) is 10.2. The summed E-state index contributed by atoms with van der Waals surface area (Å²) < 4.78 is 5.16. The minimum atomic E-state index is 0.693. The Morgan fingerprint density at radius 1 is 0.339 bits per heavy atom. The van der Waals surface area contributed by atoms with Crippen LogP contribution in [0.15, 0.2) is 188 Å². The van der Waals surface area contributed by atoms with Crippen LogP contribution in [0.25, 0.3) is 108 Å². The first-order valence-corrected chi connectivity index (χ1v) is 20.3. The summed E-state index contributed by atoms with van der Waals surface area (Å²) in [6.07, 6.45) is 3.70. The van der Waals surface area contributed by atoms with Gasteiger partial charge >= 0.3 is 0 Å². The standard InChI is InChI=1S/C51H31N3S2/c1-2-11-34(12-3-1)51-53-43(33-24-22-32(23-25-33)35-13-10-26-52-31-35)30-44(54-51)38-28-36(39-16-8-20-47-49(39)41-14-4-6-18-45(41)55-47)27-37(29-38)40-17-9-21-48-50(40)42-15-5-7-19-46(42)56-48/h1-31H. The summed E-state index contributed by atoms with van der Waals surface area (Å²) in [6, 6.07) is 63.0. The molecule has 262 valence electrons. The van der Waals surface area contributed by atoms with Crippen LogP contribution in [0, 0.1) is 0 Å². The molecule has 0 bridgehead atoms. The zero-order valence-electron chi connectivity index (χ0n) is 30.1. The lowest BCUT2D eigenvalue weighted by Crippen LogP contribution is -1.97. The molecule has 0 saturated carbocycles. The van der Waals surface area contributed by atoms with Crippen LogP contribution in [0.5, 0.6) is 0 Å². The third-order valence-corrected chi connectivity index (χ3v) is 12.9. The third kappa shape index (κ3) is 5.68. The predicted molar refractivity (Wildman–Crippen MR) is 238 cm³/mol. The predicted octanol–water partition coefficient (Wildman–Crippen LogP) is 14.6. The van der Waals surface area contributed by atoms with Crippen molar-refractivity contribution in [2.24, 2.45) is 0 Å². The molecule has 0 saturated heterocycles. The van der Waals surface area contributed by atoms with Gasteiger partial charge in [0.15, 0.2) is 5.82 Å². The number of pyridine rings is 1. The number of thiophene rings is 2. The topological polar surface area (TPSA) is 38.7 Å². The quantitative estimate of drug-likeness (QED) is 0.170. The summed E-state index contributed by atoms with van der Waals surface area (Å²) in [6.45, 7) is 0.